The van der Waals surface area contributed by atoms with Crippen molar-refractivity contribution in [1.82, 2.24) is 4.90 Å². The molecule has 0 spiro atoms. The summed E-state index contributed by atoms with van der Waals surface area (Å²) in [5.41, 5.74) is 1.86. The lowest BCUT2D eigenvalue weighted by atomic mass is 10.1. The first-order valence-corrected chi connectivity index (χ1v) is 11.2. The molecule has 0 atom stereocenters. The van der Waals surface area contributed by atoms with Crippen LogP contribution in [0.2, 0.25) is 20.1 Å². The van der Waals surface area contributed by atoms with E-state index in [1.165, 1.54) is 0 Å². The molecule has 1 N–H and O–H groups in total. The molecule has 1 heterocycles. The molecule has 7 nitrogen and oxygen atoms in total. The number of benzene rings is 2. The van der Waals surface area contributed by atoms with E-state index in [0.29, 0.717) is 10.6 Å². The first-order valence-electron chi connectivity index (χ1n) is 8.89. The van der Waals surface area contributed by atoms with Gasteiger partial charge in [-0.25, -0.2) is 0 Å². The molecule has 0 bridgehead atoms. The van der Waals surface area contributed by atoms with Crippen LogP contribution >= 0.6 is 62.3 Å². The van der Waals surface area contributed by atoms with E-state index >= 15 is 0 Å². The summed E-state index contributed by atoms with van der Waals surface area (Å²) in [4.78, 5) is 50.2. The predicted octanol–water partition coefficient (Wildman–Crippen LogP) is 5.46. The molecule has 168 valence electrons. The minimum absolute atomic E-state index is 0.183. The van der Waals surface area contributed by atoms with Crippen LogP contribution in [-0.2, 0) is 14.3 Å². The Kier molecular flexibility index (Phi) is 7.41. The average Bonchev–Trinajstić information content (AvgIpc) is 3.00. The van der Waals surface area contributed by atoms with Crippen LogP contribution in [0.25, 0.3) is 0 Å². The first kappa shape index (κ1) is 24.8. The van der Waals surface area contributed by atoms with Crippen molar-refractivity contribution >= 4 is 91.7 Å². The summed E-state index contributed by atoms with van der Waals surface area (Å²) < 4.78 is 5.80. The van der Waals surface area contributed by atoms with Gasteiger partial charge in [0.15, 0.2) is 6.61 Å². The van der Waals surface area contributed by atoms with Gasteiger partial charge in [0.05, 0.1) is 31.2 Å². The van der Waals surface area contributed by atoms with Gasteiger partial charge in [-0.05, 0) is 37.1 Å². The third kappa shape index (κ3) is 4.47. The maximum Gasteiger partial charge on any atom is 0.326 e. The molecular formula is C20H13BrCl4N2O5. The molecule has 0 unspecified atom stereocenters. The monoisotopic (exact) mass is 580 g/mol. The smallest absolute Gasteiger partial charge is 0.326 e. The topological polar surface area (TPSA) is 92.8 Å². The molecule has 32 heavy (non-hydrogen) atoms. The lowest BCUT2D eigenvalue weighted by Crippen LogP contribution is -2.36. The van der Waals surface area contributed by atoms with Gasteiger partial charge in [0.2, 0.25) is 0 Å². The Morgan fingerprint density at radius 2 is 1.47 bits per heavy atom. The highest BCUT2D eigenvalue weighted by Gasteiger charge is 2.42. The van der Waals surface area contributed by atoms with Crippen LogP contribution in [0.1, 0.15) is 31.8 Å². The molecule has 0 fully saturated rings. The first-order chi connectivity index (χ1) is 15.0. The fourth-order valence-corrected chi connectivity index (χ4v) is 4.41. The number of anilines is 1. The number of esters is 1. The molecule has 0 aromatic heterocycles. The Balaban J connectivity index is 1.66. The summed E-state index contributed by atoms with van der Waals surface area (Å²) >= 11 is 27.4. The quantitative estimate of drug-likeness (QED) is 0.219. The summed E-state index contributed by atoms with van der Waals surface area (Å²) in [6.07, 6.45) is 0. The Bertz CT molecular complexity index is 1150. The average molecular weight is 583 g/mol. The predicted molar refractivity (Wildman–Crippen MR) is 125 cm³/mol. The molecule has 1 aliphatic heterocycles. The Morgan fingerprint density at radius 1 is 0.938 bits per heavy atom. The number of imide groups is 1. The number of hydrogen-bond acceptors (Lipinski definition) is 5. The van der Waals surface area contributed by atoms with Crippen LogP contribution in [0.3, 0.4) is 0 Å². The maximum atomic E-state index is 12.6. The molecular weight excluding hydrogens is 570 g/mol. The van der Waals surface area contributed by atoms with Crippen molar-refractivity contribution in [3.05, 3.63) is 58.9 Å². The number of ether oxygens (including phenoxy) is 1. The molecule has 0 saturated carbocycles. The minimum atomic E-state index is -0.984. The fourth-order valence-electron chi connectivity index (χ4n) is 2.97. The number of hydrogen-bond donors (Lipinski definition) is 1. The molecule has 2 aromatic rings. The van der Waals surface area contributed by atoms with Gasteiger partial charge in [0.25, 0.3) is 17.7 Å². The second kappa shape index (κ2) is 9.57. The van der Waals surface area contributed by atoms with Gasteiger partial charge < -0.3 is 10.1 Å². The summed E-state index contributed by atoms with van der Waals surface area (Å²) in [7, 11) is 0. The summed E-state index contributed by atoms with van der Waals surface area (Å²) in [6.45, 7) is 2.35. The largest absolute Gasteiger partial charge is 0.454 e. The minimum Gasteiger partial charge on any atom is -0.454 e. The van der Waals surface area contributed by atoms with E-state index < -0.39 is 36.8 Å². The zero-order valence-corrected chi connectivity index (χ0v) is 21.1. The van der Waals surface area contributed by atoms with Crippen molar-refractivity contribution in [2.45, 2.75) is 13.8 Å². The molecule has 1 aliphatic rings. The van der Waals surface area contributed by atoms with Crippen LogP contribution in [0, 0.1) is 13.8 Å². The van der Waals surface area contributed by atoms with Gasteiger partial charge in [-0.3, -0.25) is 24.1 Å². The van der Waals surface area contributed by atoms with Gasteiger partial charge in [0, 0.05) is 10.2 Å². The number of carbonyl (C=O) groups excluding carboxylic acids is 4. The van der Waals surface area contributed by atoms with Crippen molar-refractivity contribution < 1.29 is 23.9 Å². The molecule has 2 aromatic carbocycles. The number of rotatable bonds is 5. The lowest BCUT2D eigenvalue weighted by molar-refractivity contribution is -0.147. The molecule has 0 saturated heterocycles. The normalized spacial score (nSPS) is 12.8. The van der Waals surface area contributed by atoms with E-state index in [1.54, 1.807) is 12.1 Å². The number of nitrogens with one attached hydrogen (secondary N) is 1. The molecule has 12 heteroatoms. The Labute approximate surface area is 211 Å². The Hall–Kier alpha value is -1.84. The zero-order valence-electron chi connectivity index (χ0n) is 16.4. The van der Waals surface area contributed by atoms with Crippen molar-refractivity contribution in [3.8, 4) is 0 Å². The highest BCUT2D eigenvalue weighted by molar-refractivity contribution is 9.10. The second-order valence-electron chi connectivity index (χ2n) is 6.76. The van der Waals surface area contributed by atoms with Gasteiger partial charge in [-0.2, -0.15) is 0 Å². The number of halogens is 5. The van der Waals surface area contributed by atoms with Crippen molar-refractivity contribution in [2.75, 3.05) is 18.5 Å². The van der Waals surface area contributed by atoms with E-state index in [-0.39, 0.29) is 31.2 Å². The molecule has 3 amide bonds. The standard InChI is InChI=1S/C20H13BrCl4N2O5/c1-7-8(2)10(4-3-9(7)21)26-11(28)6-32-12(29)5-27-19(30)13-14(20(27)31)16(23)18(25)17(24)15(13)22/h3-4H,5-6H2,1-2H3,(H,26,28). The van der Waals surface area contributed by atoms with Crippen LogP contribution < -0.4 is 5.32 Å². The van der Waals surface area contributed by atoms with E-state index in [1.807, 2.05) is 13.8 Å². The summed E-state index contributed by atoms with van der Waals surface area (Å²) in [5, 5.41) is 1.78. The number of carbonyl (C=O) groups is 4. The van der Waals surface area contributed by atoms with E-state index in [0.717, 1.165) is 15.6 Å². The van der Waals surface area contributed by atoms with Crippen LogP contribution in [-0.4, -0.2) is 41.7 Å². The van der Waals surface area contributed by atoms with Crippen molar-refractivity contribution in [2.24, 2.45) is 0 Å². The molecule has 0 aliphatic carbocycles. The molecule has 3 rings (SSSR count). The van der Waals surface area contributed by atoms with Gasteiger partial charge in [-0.1, -0.05) is 62.3 Å². The van der Waals surface area contributed by atoms with Gasteiger partial charge >= 0.3 is 5.97 Å². The Morgan fingerprint density at radius 3 is 2.00 bits per heavy atom. The fraction of sp³-hybridized carbons (Fsp3) is 0.200. The van der Waals surface area contributed by atoms with Crippen molar-refractivity contribution in [1.29, 1.82) is 0 Å². The summed E-state index contributed by atoms with van der Waals surface area (Å²) in [5.74, 6) is -3.33. The number of nitrogens with zero attached hydrogens (tertiary/aromatic N) is 1. The zero-order chi connectivity index (χ0) is 23.9. The van der Waals surface area contributed by atoms with Crippen LogP contribution in [0.5, 0.6) is 0 Å². The highest BCUT2D eigenvalue weighted by Crippen LogP contribution is 2.44. The van der Waals surface area contributed by atoms with E-state index in [9.17, 15) is 19.2 Å². The van der Waals surface area contributed by atoms with Crippen molar-refractivity contribution in [3.63, 3.8) is 0 Å². The number of amides is 3. The van der Waals surface area contributed by atoms with E-state index in [4.69, 9.17) is 51.1 Å². The third-order valence-electron chi connectivity index (χ3n) is 4.83. The SMILES string of the molecule is Cc1c(Br)ccc(NC(=O)COC(=O)CN2C(=O)c3c(Cl)c(Cl)c(Cl)c(Cl)c3C2=O)c1C. The number of fused-ring (bicyclic) bond motifs is 1. The van der Waals surface area contributed by atoms with Crippen LogP contribution in [0.15, 0.2) is 16.6 Å². The second-order valence-corrected chi connectivity index (χ2v) is 9.12. The summed E-state index contributed by atoms with van der Waals surface area (Å²) in [6, 6.07) is 3.48. The maximum absolute atomic E-state index is 12.6. The molecule has 0 radical (unpaired) electrons. The third-order valence-corrected chi connectivity index (χ3v) is 7.49. The van der Waals surface area contributed by atoms with Crippen LogP contribution in [0.4, 0.5) is 5.69 Å². The van der Waals surface area contributed by atoms with Gasteiger partial charge in [-0.15, -0.1) is 0 Å². The highest BCUT2D eigenvalue weighted by atomic mass is 79.9. The van der Waals surface area contributed by atoms with Gasteiger partial charge in [0.1, 0.15) is 6.54 Å². The lowest BCUT2D eigenvalue weighted by Gasteiger charge is -2.14. The van der Waals surface area contributed by atoms with E-state index in [2.05, 4.69) is 21.2 Å².